The summed E-state index contributed by atoms with van der Waals surface area (Å²) in [7, 11) is 1.47. The molecule has 166 valence electrons. The number of carbonyl (C=O) groups excluding carboxylic acids is 2. The van der Waals surface area contributed by atoms with Crippen molar-refractivity contribution in [1.82, 2.24) is 9.55 Å². The first kappa shape index (κ1) is 22.0. The lowest BCUT2D eigenvalue weighted by molar-refractivity contribution is -0.116. The Balaban J connectivity index is 1.79. The SMILES string of the molecule is COc1ccccc1C(=O)c1cn(CC(=O)Nc2cccc(C)c2)c2nc(C)ccc2c1=O. The Morgan fingerprint density at radius 3 is 2.55 bits per heavy atom. The number of nitrogens with one attached hydrogen (secondary N) is 1. The lowest BCUT2D eigenvalue weighted by atomic mass is 10.0. The fraction of sp³-hybridized carbons (Fsp3) is 0.154. The van der Waals surface area contributed by atoms with Crippen molar-refractivity contribution in [3.63, 3.8) is 0 Å². The zero-order chi connectivity index (χ0) is 23.5. The molecule has 0 saturated carbocycles. The van der Waals surface area contributed by atoms with Gasteiger partial charge in [0.1, 0.15) is 17.9 Å². The van der Waals surface area contributed by atoms with Gasteiger partial charge in [0.2, 0.25) is 17.1 Å². The molecular formula is C26H23N3O4. The Kier molecular flexibility index (Phi) is 6.04. The van der Waals surface area contributed by atoms with Crippen molar-refractivity contribution in [1.29, 1.82) is 0 Å². The first-order valence-corrected chi connectivity index (χ1v) is 10.4. The third kappa shape index (κ3) is 4.52. The number of hydrogen-bond donors (Lipinski definition) is 1. The maximum absolute atomic E-state index is 13.3. The van der Waals surface area contributed by atoms with Crippen molar-refractivity contribution >= 4 is 28.4 Å². The number of fused-ring (bicyclic) bond motifs is 1. The van der Waals surface area contributed by atoms with Gasteiger partial charge in [-0.1, -0.05) is 24.3 Å². The quantitative estimate of drug-likeness (QED) is 0.459. The van der Waals surface area contributed by atoms with Crippen molar-refractivity contribution in [3.8, 4) is 5.75 Å². The minimum atomic E-state index is -0.479. The van der Waals surface area contributed by atoms with Gasteiger partial charge < -0.3 is 14.6 Å². The number of pyridine rings is 2. The number of carbonyl (C=O) groups is 2. The lowest BCUT2D eigenvalue weighted by Crippen LogP contribution is -2.25. The summed E-state index contributed by atoms with van der Waals surface area (Å²) in [6, 6.07) is 17.5. The molecule has 7 heteroatoms. The summed E-state index contributed by atoms with van der Waals surface area (Å²) in [5.74, 6) is -0.412. The van der Waals surface area contributed by atoms with Crippen LogP contribution in [0.4, 0.5) is 5.69 Å². The van der Waals surface area contributed by atoms with Crippen LogP contribution in [0, 0.1) is 13.8 Å². The van der Waals surface area contributed by atoms with Crippen molar-refractivity contribution in [2.75, 3.05) is 12.4 Å². The Morgan fingerprint density at radius 1 is 1.00 bits per heavy atom. The first-order chi connectivity index (χ1) is 15.9. The van der Waals surface area contributed by atoms with E-state index in [1.165, 1.54) is 17.9 Å². The van der Waals surface area contributed by atoms with Crippen LogP contribution < -0.4 is 15.5 Å². The number of aromatic nitrogens is 2. The van der Waals surface area contributed by atoms with Gasteiger partial charge in [-0.15, -0.1) is 0 Å². The summed E-state index contributed by atoms with van der Waals surface area (Å²) >= 11 is 0. The monoisotopic (exact) mass is 441 g/mol. The fourth-order valence-corrected chi connectivity index (χ4v) is 3.70. The van der Waals surface area contributed by atoms with E-state index >= 15 is 0 Å². The van der Waals surface area contributed by atoms with Gasteiger partial charge in [0, 0.05) is 17.6 Å². The summed E-state index contributed by atoms with van der Waals surface area (Å²) in [6.07, 6.45) is 1.40. The zero-order valence-electron chi connectivity index (χ0n) is 18.6. The van der Waals surface area contributed by atoms with E-state index < -0.39 is 11.2 Å². The molecule has 0 atom stereocenters. The Bertz CT molecular complexity index is 1440. The van der Waals surface area contributed by atoms with Gasteiger partial charge in [0.15, 0.2) is 0 Å². The van der Waals surface area contributed by atoms with Gasteiger partial charge in [-0.2, -0.15) is 0 Å². The van der Waals surface area contributed by atoms with E-state index in [9.17, 15) is 14.4 Å². The van der Waals surface area contributed by atoms with E-state index in [1.807, 2.05) is 25.1 Å². The van der Waals surface area contributed by atoms with E-state index in [1.54, 1.807) is 49.4 Å². The minimum absolute atomic E-state index is 0.0546. The number of rotatable bonds is 6. The average Bonchev–Trinajstić information content (AvgIpc) is 2.80. The number of anilines is 1. The van der Waals surface area contributed by atoms with Gasteiger partial charge in [0.05, 0.1) is 23.6 Å². The van der Waals surface area contributed by atoms with Crippen molar-refractivity contribution in [2.45, 2.75) is 20.4 Å². The van der Waals surface area contributed by atoms with Crippen LogP contribution in [-0.4, -0.2) is 28.4 Å². The fourth-order valence-electron chi connectivity index (χ4n) is 3.70. The lowest BCUT2D eigenvalue weighted by Gasteiger charge is -2.14. The van der Waals surface area contributed by atoms with E-state index in [0.717, 1.165) is 5.56 Å². The number of hydrogen-bond acceptors (Lipinski definition) is 5. The Labute approximate surface area is 190 Å². The van der Waals surface area contributed by atoms with E-state index in [0.29, 0.717) is 22.8 Å². The second-order valence-corrected chi connectivity index (χ2v) is 7.77. The van der Waals surface area contributed by atoms with Crippen molar-refractivity contribution in [3.05, 3.63) is 99.5 Å². The van der Waals surface area contributed by atoms with Gasteiger partial charge >= 0.3 is 0 Å². The Morgan fingerprint density at radius 2 is 1.79 bits per heavy atom. The molecule has 2 aromatic carbocycles. The number of para-hydroxylation sites is 1. The molecule has 0 saturated heterocycles. The van der Waals surface area contributed by atoms with Gasteiger partial charge in [-0.05, 0) is 55.8 Å². The predicted molar refractivity (Wildman–Crippen MR) is 127 cm³/mol. The maximum Gasteiger partial charge on any atom is 0.244 e. The third-order valence-corrected chi connectivity index (χ3v) is 5.27. The molecule has 0 aliphatic carbocycles. The number of amides is 1. The second kappa shape index (κ2) is 9.08. The number of ketones is 1. The standard InChI is InChI=1S/C26H23N3O4/c1-16-7-6-8-18(13-16)28-23(30)15-29-14-21(24(31)19-9-4-5-10-22(19)33-3)25(32)20-12-11-17(2)27-26(20)29/h4-14H,15H2,1-3H3,(H,28,30). The van der Waals surface area contributed by atoms with Crippen LogP contribution in [0.25, 0.3) is 11.0 Å². The van der Waals surface area contributed by atoms with Crippen molar-refractivity contribution in [2.24, 2.45) is 0 Å². The molecule has 7 nitrogen and oxygen atoms in total. The van der Waals surface area contributed by atoms with Gasteiger partial charge in [-0.3, -0.25) is 14.4 Å². The van der Waals surface area contributed by atoms with Crippen LogP contribution in [0.2, 0.25) is 0 Å². The average molecular weight is 441 g/mol. The highest BCUT2D eigenvalue weighted by molar-refractivity contribution is 6.11. The largest absolute Gasteiger partial charge is 0.496 e. The topological polar surface area (TPSA) is 90.3 Å². The van der Waals surface area contributed by atoms with Crippen LogP contribution in [-0.2, 0) is 11.3 Å². The Hall–Kier alpha value is -4.26. The molecule has 0 bridgehead atoms. The number of methoxy groups -OCH3 is 1. The number of nitrogens with zero attached hydrogens (tertiary/aromatic N) is 2. The highest BCUT2D eigenvalue weighted by Crippen LogP contribution is 2.21. The summed E-state index contributed by atoms with van der Waals surface area (Å²) in [6.45, 7) is 3.62. The minimum Gasteiger partial charge on any atom is -0.496 e. The molecule has 0 radical (unpaired) electrons. The van der Waals surface area contributed by atoms with E-state index in [4.69, 9.17) is 4.74 Å². The van der Waals surface area contributed by atoms with Crippen LogP contribution in [0.5, 0.6) is 5.75 Å². The summed E-state index contributed by atoms with van der Waals surface area (Å²) in [4.78, 5) is 43.8. The van der Waals surface area contributed by atoms with Crippen LogP contribution in [0.3, 0.4) is 0 Å². The van der Waals surface area contributed by atoms with Crippen LogP contribution in [0.1, 0.15) is 27.2 Å². The number of aryl methyl sites for hydroxylation is 2. The summed E-state index contributed by atoms with van der Waals surface area (Å²) < 4.78 is 6.83. The van der Waals surface area contributed by atoms with Crippen LogP contribution >= 0.6 is 0 Å². The molecule has 1 N–H and O–H groups in total. The summed E-state index contributed by atoms with van der Waals surface area (Å²) in [5.41, 5.74) is 2.50. The molecular weight excluding hydrogens is 418 g/mol. The molecule has 4 aromatic rings. The second-order valence-electron chi connectivity index (χ2n) is 7.77. The van der Waals surface area contributed by atoms with Gasteiger partial charge in [-0.25, -0.2) is 4.98 Å². The molecule has 0 unspecified atom stereocenters. The zero-order valence-corrected chi connectivity index (χ0v) is 18.6. The maximum atomic E-state index is 13.3. The van der Waals surface area contributed by atoms with Gasteiger partial charge in [0.25, 0.3) is 0 Å². The normalized spacial score (nSPS) is 10.8. The summed E-state index contributed by atoms with van der Waals surface area (Å²) in [5, 5.41) is 3.12. The molecule has 33 heavy (non-hydrogen) atoms. The van der Waals surface area contributed by atoms with E-state index in [2.05, 4.69) is 10.3 Å². The van der Waals surface area contributed by atoms with Crippen molar-refractivity contribution < 1.29 is 14.3 Å². The number of benzene rings is 2. The highest BCUT2D eigenvalue weighted by atomic mass is 16.5. The molecule has 0 aliphatic rings. The predicted octanol–water partition coefficient (Wildman–Crippen LogP) is 3.89. The molecule has 1 amide bonds. The smallest absolute Gasteiger partial charge is 0.244 e. The van der Waals surface area contributed by atoms with E-state index in [-0.39, 0.29) is 29.0 Å². The number of ether oxygens (including phenoxy) is 1. The highest BCUT2D eigenvalue weighted by Gasteiger charge is 2.21. The third-order valence-electron chi connectivity index (χ3n) is 5.27. The first-order valence-electron chi connectivity index (χ1n) is 10.4. The van der Waals surface area contributed by atoms with Crippen LogP contribution in [0.15, 0.2) is 71.7 Å². The molecule has 2 heterocycles. The molecule has 0 spiro atoms. The molecule has 0 aliphatic heterocycles. The molecule has 2 aromatic heterocycles. The molecule has 0 fully saturated rings. The molecule has 4 rings (SSSR count).